The van der Waals surface area contributed by atoms with Gasteiger partial charge < -0.3 is 9.84 Å². The Morgan fingerprint density at radius 2 is 2.12 bits per heavy atom. The molecule has 16 heavy (non-hydrogen) atoms. The number of rotatable bonds is 5. The van der Waals surface area contributed by atoms with Crippen molar-refractivity contribution in [1.29, 1.82) is 0 Å². The van der Waals surface area contributed by atoms with E-state index in [9.17, 15) is 4.79 Å². The summed E-state index contributed by atoms with van der Waals surface area (Å²) in [5.41, 5.74) is 0. The average molecular weight is 242 g/mol. The van der Waals surface area contributed by atoms with Crippen LogP contribution in [0, 0.1) is 0 Å². The highest BCUT2D eigenvalue weighted by Gasteiger charge is 2.19. The van der Waals surface area contributed by atoms with Crippen LogP contribution in [0.25, 0.3) is 0 Å². The predicted octanol–water partition coefficient (Wildman–Crippen LogP) is 3.75. The molecule has 1 unspecified atom stereocenters. The van der Waals surface area contributed by atoms with E-state index in [1.165, 1.54) is 11.3 Å². The normalized spacial score (nSPS) is 12.8. The van der Waals surface area contributed by atoms with Crippen molar-refractivity contribution in [1.82, 2.24) is 0 Å². The summed E-state index contributed by atoms with van der Waals surface area (Å²) in [5.74, 6) is -0.0665. The van der Waals surface area contributed by atoms with E-state index in [1.54, 1.807) is 0 Å². The molecule has 0 aliphatic rings. The molecule has 1 aromatic heterocycles. The van der Waals surface area contributed by atoms with Gasteiger partial charge in [0.05, 0.1) is 6.10 Å². The largest absolute Gasteiger partial charge is 0.489 e. The van der Waals surface area contributed by atoms with Gasteiger partial charge in [0.25, 0.3) is 0 Å². The third kappa shape index (κ3) is 2.98. The van der Waals surface area contributed by atoms with Crippen LogP contribution in [-0.4, -0.2) is 17.2 Å². The Morgan fingerprint density at radius 1 is 1.50 bits per heavy atom. The molecule has 0 aliphatic carbocycles. The van der Waals surface area contributed by atoms with Crippen molar-refractivity contribution in [2.24, 2.45) is 0 Å². The zero-order chi connectivity index (χ0) is 12.3. The van der Waals surface area contributed by atoms with E-state index in [2.05, 4.69) is 0 Å². The summed E-state index contributed by atoms with van der Waals surface area (Å²) in [7, 11) is 0. The standard InChI is InChI=1S/C12H18O3S/c1-5-8(4)15-9-6-10(7(2)3)16-11(9)12(13)14/h6-8H,5H2,1-4H3,(H,13,14). The van der Waals surface area contributed by atoms with E-state index < -0.39 is 5.97 Å². The molecule has 0 aromatic carbocycles. The molecule has 1 heterocycles. The second-order valence-corrected chi connectivity index (χ2v) is 5.22. The molecule has 1 aromatic rings. The van der Waals surface area contributed by atoms with Gasteiger partial charge in [0.2, 0.25) is 0 Å². The Morgan fingerprint density at radius 3 is 2.56 bits per heavy atom. The molecule has 1 rings (SSSR count). The van der Waals surface area contributed by atoms with Gasteiger partial charge in [-0.05, 0) is 25.3 Å². The first-order valence-corrected chi connectivity index (χ1v) is 6.31. The number of hydrogen-bond donors (Lipinski definition) is 1. The van der Waals surface area contributed by atoms with Crippen LogP contribution in [0.15, 0.2) is 6.07 Å². The Hall–Kier alpha value is -1.03. The van der Waals surface area contributed by atoms with Crippen LogP contribution < -0.4 is 4.74 Å². The van der Waals surface area contributed by atoms with Gasteiger partial charge in [-0.25, -0.2) is 4.79 Å². The molecule has 0 fully saturated rings. The van der Waals surface area contributed by atoms with Gasteiger partial charge in [-0.1, -0.05) is 20.8 Å². The number of ether oxygens (including phenoxy) is 1. The zero-order valence-corrected chi connectivity index (χ0v) is 10.9. The van der Waals surface area contributed by atoms with Crippen molar-refractivity contribution >= 4 is 17.3 Å². The molecular formula is C12H18O3S. The summed E-state index contributed by atoms with van der Waals surface area (Å²) in [6.07, 6.45) is 0.916. The smallest absolute Gasteiger partial charge is 0.349 e. The lowest BCUT2D eigenvalue weighted by Gasteiger charge is -2.11. The van der Waals surface area contributed by atoms with Crippen molar-refractivity contribution < 1.29 is 14.6 Å². The highest BCUT2D eigenvalue weighted by atomic mass is 32.1. The molecule has 0 aliphatic heterocycles. The van der Waals surface area contributed by atoms with Gasteiger partial charge >= 0.3 is 5.97 Å². The summed E-state index contributed by atoms with van der Waals surface area (Å²) in [5, 5.41) is 9.08. The molecule has 3 nitrogen and oxygen atoms in total. The second-order valence-electron chi connectivity index (χ2n) is 4.14. The van der Waals surface area contributed by atoms with E-state index in [1.807, 2.05) is 33.8 Å². The van der Waals surface area contributed by atoms with Gasteiger partial charge in [-0.2, -0.15) is 0 Å². The fraction of sp³-hybridized carbons (Fsp3) is 0.583. The first-order valence-electron chi connectivity index (χ1n) is 5.49. The van der Waals surface area contributed by atoms with Gasteiger partial charge in [0.1, 0.15) is 5.75 Å². The predicted molar refractivity (Wildman–Crippen MR) is 65.7 cm³/mol. The van der Waals surface area contributed by atoms with Gasteiger partial charge in [-0.3, -0.25) is 0 Å². The first-order chi connectivity index (χ1) is 7.45. The van der Waals surface area contributed by atoms with Crippen molar-refractivity contribution in [2.75, 3.05) is 0 Å². The molecule has 90 valence electrons. The lowest BCUT2D eigenvalue weighted by molar-refractivity contribution is 0.0696. The number of aromatic carboxylic acids is 1. The number of carbonyl (C=O) groups is 1. The Balaban J connectivity index is 3.00. The molecule has 0 radical (unpaired) electrons. The number of carboxylic acid groups (broad SMARTS) is 1. The quantitative estimate of drug-likeness (QED) is 0.855. The Kier molecular flexibility index (Phi) is 4.35. The molecule has 0 saturated heterocycles. The zero-order valence-electron chi connectivity index (χ0n) is 10.1. The van der Waals surface area contributed by atoms with Crippen LogP contribution in [0.5, 0.6) is 5.75 Å². The van der Waals surface area contributed by atoms with E-state index in [4.69, 9.17) is 9.84 Å². The molecule has 1 atom stereocenters. The van der Waals surface area contributed by atoms with E-state index in [0.717, 1.165) is 11.3 Å². The maximum Gasteiger partial charge on any atom is 0.349 e. The molecule has 4 heteroatoms. The third-order valence-electron chi connectivity index (χ3n) is 2.38. The summed E-state index contributed by atoms with van der Waals surface area (Å²) in [4.78, 5) is 12.4. The monoisotopic (exact) mass is 242 g/mol. The summed E-state index contributed by atoms with van der Waals surface area (Å²) in [6.45, 7) is 8.05. The molecular weight excluding hydrogens is 224 g/mol. The minimum absolute atomic E-state index is 0.0488. The van der Waals surface area contributed by atoms with Crippen LogP contribution in [0.1, 0.15) is 54.6 Å². The van der Waals surface area contributed by atoms with Gasteiger partial charge in [-0.15, -0.1) is 11.3 Å². The lowest BCUT2D eigenvalue weighted by Crippen LogP contribution is -2.11. The first kappa shape index (κ1) is 13.0. The Bertz CT molecular complexity index is 368. The molecule has 0 amide bonds. The van der Waals surface area contributed by atoms with Crippen LogP contribution in [-0.2, 0) is 0 Å². The van der Waals surface area contributed by atoms with Crippen molar-refractivity contribution in [2.45, 2.75) is 46.1 Å². The van der Waals surface area contributed by atoms with Crippen LogP contribution >= 0.6 is 11.3 Å². The lowest BCUT2D eigenvalue weighted by atomic mass is 10.2. The summed E-state index contributed by atoms with van der Waals surface area (Å²) >= 11 is 1.30. The summed E-state index contributed by atoms with van der Waals surface area (Å²) < 4.78 is 5.62. The molecule has 0 bridgehead atoms. The van der Waals surface area contributed by atoms with Gasteiger partial charge in [0.15, 0.2) is 4.88 Å². The van der Waals surface area contributed by atoms with E-state index in [0.29, 0.717) is 16.5 Å². The fourth-order valence-corrected chi connectivity index (χ4v) is 2.15. The topological polar surface area (TPSA) is 46.5 Å². The van der Waals surface area contributed by atoms with Crippen molar-refractivity contribution in [3.63, 3.8) is 0 Å². The Labute approximate surface area is 100 Å². The molecule has 1 N–H and O–H groups in total. The van der Waals surface area contributed by atoms with E-state index in [-0.39, 0.29) is 6.10 Å². The molecule has 0 saturated carbocycles. The number of thiophene rings is 1. The minimum atomic E-state index is -0.907. The maximum atomic E-state index is 11.1. The van der Waals surface area contributed by atoms with Crippen molar-refractivity contribution in [3.8, 4) is 5.75 Å². The highest BCUT2D eigenvalue weighted by Crippen LogP contribution is 2.34. The van der Waals surface area contributed by atoms with Crippen LogP contribution in [0.2, 0.25) is 0 Å². The highest BCUT2D eigenvalue weighted by molar-refractivity contribution is 7.14. The van der Waals surface area contributed by atoms with E-state index >= 15 is 0 Å². The van der Waals surface area contributed by atoms with Gasteiger partial charge in [0, 0.05) is 4.88 Å². The van der Waals surface area contributed by atoms with Crippen molar-refractivity contribution in [3.05, 3.63) is 15.8 Å². The fourth-order valence-electron chi connectivity index (χ4n) is 1.21. The van der Waals surface area contributed by atoms with Crippen LogP contribution in [0.3, 0.4) is 0 Å². The molecule has 0 spiro atoms. The SMILES string of the molecule is CCC(C)Oc1cc(C(C)C)sc1C(=O)O. The summed E-state index contributed by atoms with van der Waals surface area (Å²) in [6, 6.07) is 1.85. The minimum Gasteiger partial charge on any atom is -0.489 e. The van der Waals surface area contributed by atoms with Crippen LogP contribution in [0.4, 0.5) is 0 Å². The average Bonchev–Trinajstić information content (AvgIpc) is 2.61. The number of hydrogen-bond acceptors (Lipinski definition) is 3. The maximum absolute atomic E-state index is 11.1. The number of carboxylic acids is 1. The third-order valence-corrected chi connectivity index (χ3v) is 3.79. The second kappa shape index (κ2) is 5.34.